The van der Waals surface area contributed by atoms with E-state index < -0.39 is 0 Å². The summed E-state index contributed by atoms with van der Waals surface area (Å²) in [7, 11) is 0. The van der Waals surface area contributed by atoms with E-state index in [1.54, 1.807) is 17.4 Å². The quantitative estimate of drug-likeness (QED) is 0.526. The number of nitrogens with two attached hydrogens (primary N) is 1. The molecule has 3 aromatic rings. The maximum absolute atomic E-state index is 14.1. The van der Waals surface area contributed by atoms with Crippen LogP contribution in [0.4, 0.5) is 4.39 Å². The molecule has 1 heterocycles. The standard InChI is InChI=1S/C16H14BrFN2S/c17-11-5-6-13(14(18)8-11)15(20-19)7-10-9-21-16-4-2-1-3-12(10)16/h1-6,8-9,15,20H,7,19H2. The van der Waals surface area contributed by atoms with E-state index in [1.807, 2.05) is 18.2 Å². The minimum atomic E-state index is -0.258. The SMILES string of the molecule is NNC(Cc1csc2ccccc12)c1ccc(Br)cc1F. The number of halogens is 2. The van der Waals surface area contributed by atoms with E-state index in [0.29, 0.717) is 12.0 Å². The molecule has 0 saturated heterocycles. The van der Waals surface area contributed by atoms with Crippen LogP contribution in [0.25, 0.3) is 10.1 Å². The van der Waals surface area contributed by atoms with Crippen LogP contribution in [0.3, 0.4) is 0 Å². The third-order valence-electron chi connectivity index (χ3n) is 3.52. The van der Waals surface area contributed by atoms with Crippen LogP contribution < -0.4 is 11.3 Å². The van der Waals surface area contributed by atoms with E-state index >= 15 is 0 Å². The minimum absolute atomic E-state index is 0.254. The topological polar surface area (TPSA) is 38.0 Å². The Bertz CT molecular complexity index is 772. The summed E-state index contributed by atoms with van der Waals surface area (Å²) < 4.78 is 16.1. The third-order valence-corrected chi connectivity index (χ3v) is 5.03. The van der Waals surface area contributed by atoms with Crippen LogP contribution in [0.5, 0.6) is 0 Å². The fourth-order valence-electron chi connectivity index (χ4n) is 2.45. The summed E-state index contributed by atoms with van der Waals surface area (Å²) in [5.41, 5.74) is 4.49. The first-order valence-electron chi connectivity index (χ1n) is 6.55. The van der Waals surface area contributed by atoms with Crippen molar-refractivity contribution in [2.45, 2.75) is 12.5 Å². The van der Waals surface area contributed by atoms with Crippen LogP contribution >= 0.6 is 27.3 Å². The van der Waals surface area contributed by atoms with Gasteiger partial charge in [0, 0.05) is 14.7 Å². The molecule has 0 aliphatic heterocycles. The third kappa shape index (κ3) is 3.01. The van der Waals surface area contributed by atoms with Crippen LogP contribution in [0, 0.1) is 5.82 Å². The summed E-state index contributed by atoms with van der Waals surface area (Å²) in [5.74, 6) is 5.39. The summed E-state index contributed by atoms with van der Waals surface area (Å²) in [4.78, 5) is 0. The molecule has 21 heavy (non-hydrogen) atoms. The summed E-state index contributed by atoms with van der Waals surface area (Å²) >= 11 is 4.97. The number of thiophene rings is 1. The number of hydrogen-bond acceptors (Lipinski definition) is 3. The van der Waals surface area contributed by atoms with Crippen molar-refractivity contribution in [3.63, 3.8) is 0 Å². The summed E-state index contributed by atoms with van der Waals surface area (Å²) in [6.45, 7) is 0. The van der Waals surface area contributed by atoms with Crippen molar-refractivity contribution in [1.29, 1.82) is 0 Å². The van der Waals surface area contributed by atoms with E-state index in [2.05, 4.69) is 38.9 Å². The Morgan fingerprint density at radius 1 is 1.24 bits per heavy atom. The molecular weight excluding hydrogens is 351 g/mol. The zero-order valence-electron chi connectivity index (χ0n) is 11.1. The van der Waals surface area contributed by atoms with Gasteiger partial charge in [0.15, 0.2) is 0 Å². The van der Waals surface area contributed by atoms with E-state index in [1.165, 1.54) is 21.7 Å². The van der Waals surface area contributed by atoms with Crippen LogP contribution in [-0.4, -0.2) is 0 Å². The Balaban J connectivity index is 1.94. The molecule has 2 nitrogen and oxygen atoms in total. The van der Waals surface area contributed by atoms with Gasteiger partial charge in [0.1, 0.15) is 5.82 Å². The van der Waals surface area contributed by atoms with Crippen molar-refractivity contribution in [3.05, 3.63) is 69.3 Å². The fourth-order valence-corrected chi connectivity index (χ4v) is 3.76. The lowest BCUT2D eigenvalue weighted by atomic mass is 9.98. The number of rotatable bonds is 4. The van der Waals surface area contributed by atoms with Crippen LogP contribution in [-0.2, 0) is 6.42 Å². The summed E-state index contributed by atoms with van der Waals surface area (Å²) in [5, 5.41) is 3.33. The molecule has 0 radical (unpaired) electrons. The average molecular weight is 365 g/mol. The summed E-state index contributed by atoms with van der Waals surface area (Å²) in [6, 6.07) is 13.0. The van der Waals surface area contributed by atoms with Crippen LogP contribution in [0.15, 0.2) is 52.3 Å². The van der Waals surface area contributed by atoms with Gasteiger partial charge in [0.25, 0.3) is 0 Å². The highest BCUT2D eigenvalue weighted by Gasteiger charge is 2.17. The molecule has 0 aliphatic carbocycles. The molecule has 0 aliphatic rings. The molecular formula is C16H14BrFN2S. The highest BCUT2D eigenvalue weighted by molar-refractivity contribution is 9.10. The number of benzene rings is 2. The lowest BCUT2D eigenvalue weighted by molar-refractivity contribution is 0.511. The second-order valence-corrected chi connectivity index (χ2v) is 6.67. The lowest BCUT2D eigenvalue weighted by Crippen LogP contribution is -2.30. The van der Waals surface area contributed by atoms with Gasteiger partial charge in [0.2, 0.25) is 0 Å². The molecule has 0 bridgehead atoms. The van der Waals surface area contributed by atoms with Gasteiger partial charge in [-0.2, -0.15) is 0 Å². The van der Waals surface area contributed by atoms with E-state index in [4.69, 9.17) is 5.84 Å². The number of nitrogens with one attached hydrogen (secondary N) is 1. The molecule has 5 heteroatoms. The Morgan fingerprint density at radius 2 is 2.05 bits per heavy atom. The Kier molecular flexibility index (Phi) is 4.35. The highest BCUT2D eigenvalue weighted by Crippen LogP contribution is 2.30. The second kappa shape index (κ2) is 6.23. The van der Waals surface area contributed by atoms with Gasteiger partial charge in [-0.25, -0.2) is 4.39 Å². The van der Waals surface area contributed by atoms with E-state index in [0.717, 1.165) is 4.47 Å². The Labute approximate surface area is 134 Å². The van der Waals surface area contributed by atoms with Crippen molar-refractivity contribution in [1.82, 2.24) is 5.43 Å². The lowest BCUT2D eigenvalue weighted by Gasteiger charge is -2.17. The Hall–Kier alpha value is -1.27. The minimum Gasteiger partial charge on any atom is -0.271 e. The van der Waals surface area contributed by atoms with E-state index in [9.17, 15) is 4.39 Å². The molecule has 1 aromatic heterocycles. The zero-order valence-corrected chi connectivity index (χ0v) is 13.5. The van der Waals surface area contributed by atoms with Crippen molar-refractivity contribution in [3.8, 4) is 0 Å². The van der Waals surface area contributed by atoms with Gasteiger partial charge in [-0.3, -0.25) is 11.3 Å². The van der Waals surface area contributed by atoms with Gasteiger partial charge < -0.3 is 0 Å². The smallest absolute Gasteiger partial charge is 0.129 e. The molecule has 0 saturated carbocycles. The first-order chi connectivity index (χ1) is 10.2. The predicted molar refractivity (Wildman–Crippen MR) is 89.7 cm³/mol. The number of fused-ring (bicyclic) bond motifs is 1. The molecule has 108 valence electrons. The largest absolute Gasteiger partial charge is 0.271 e. The van der Waals surface area contributed by atoms with Gasteiger partial charge in [0.05, 0.1) is 6.04 Å². The molecule has 0 spiro atoms. The van der Waals surface area contributed by atoms with Gasteiger partial charge >= 0.3 is 0 Å². The first kappa shape index (κ1) is 14.7. The van der Waals surface area contributed by atoms with Crippen molar-refractivity contribution >= 4 is 37.4 Å². The van der Waals surface area contributed by atoms with Gasteiger partial charge in [-0.1, -0.05) is 40.2 Å². The molecule has 2 aromatic carbocycles. The van der Waals surface area contributed by atoms with Crippen LogP contribution in [0.1, 0.15) is 17.2 Å². The second-order valence-electron chi connectivity index (χ2n) is 4.85. The van der Waals surface area contributed by atoms with Crippen molar-refractivity contribution in [2.24, 2.45) is 5.84 Å². The van der Waals surface area contributed by atoms with Crippen LogP contribution in [0.2, 0.25) is 0 Å². The average Bonchev–Trinajstić information content (AvgIpc) is 2.89. The molecule has 1 atom stereocenters. The summed E-state index contributed by atoms with van der Waals surface area (Å²) in [6.07, 6.45) is 0.652. The molecule has 1 unspecified atom stereocenters. The normalized spacial score (nSPS) is 12.7. The van der Waals surface area contributed by atoms with Crippen molar-refractivity contribution in [2.75, 3.05) is 0 Å². The maximum atomic E-state index is 14.1. The Morgan fingerprint density at radius 3 is 2.81 bits per heavy atom. The maximum Gasteiger partial charge on any atom is 0.129 e. The monoisotopic (exact) mass is 364 g/mol. The predicted octanol–water partition coefficient (Wildman–Crippen LogP) is 4.55. The zero-order chi connectivity index (χ0) is 14.8. The molecule has 0 fully saturated rings. The number of hydrazine groups is 1. The number of hydrogen-bond donors (Lipinski definition) is 2. The first-order valence-corrected chi connectivity index (χ1v) is 8.22. The molecule has 3 N–H and O–H groups in total. The highest BCUT2D eigenvalue weighted by atomic mass is 79.9. The van der Waals surface area contributed by atoms with Gasteiger partial charge in [-0.05, 0) is 40.9 Å². The van der Waals surface area contributed by atoms with Crippen molar-refractivity contribution < 1.29 is 4.39 Å². The fraction of sp³-hybridized carbons (Fsp3) is 0.125. The molecule has 0 amide bonds. The van der Waals surface area contributed by atoms with E-state index in [-0.39, 0.29) is 11.9 Å². The van der Waals surface area contributed by atoms with Gasteiger partial charge in [-0.15, -0.1) is 11.3 Å². The molecule has 3 rings (SSSR count).